The van der Waals surface area contributed by atoms with E-state index in [1.807, 2.05) is 6.07 Å². The van der Waals surface area contributed by atoms with E-state index in [2.05, 4.69) is 18.2 Å². The molecule has 0 aliphatic heterocycles. The monoisotopic (exact) mass is 211 g/mol. The van der Waals surface area contributed by atoms with Gasteiger partial charge in [0.15, 0.2) is 0 Å². The van der Waals surface area contributed by atoms with Gasteiger partial charge in [-0.05, 0) is 36.0 Å². The van der Waals surface area contributed by atoms with Crippen LogP contribution < -0.4 is 5.73 Å². The number of rotatable bonds is 2. The van der Waals surface area contributed by atoms with Gasteiger partial charge in [-0.25, -0.2) is 0 Å². The van der Waals surface area contributed by atoms with Crippen molar-refractivity contribution in [2.45, 2.75) is 6.42 Å². The van der Waals surface area contributed by atoms with E-state index in [0.29, 0.717) is 6.54 Å². The Labute approximate surface area is 86.1 Å². The third-order valence-corrected chi connectivity index (χ3v) is 3.21. The van der Waals surface area contributed by atoms with Crippen molar-refractivity contribution in [3.05, 3.63) is 34.2 Å². The zero-order valence-corrected chi connectivity index (χ0v) is 8.66. The maximum absolute atomic E-state index is 5.91. The predicted octanol–water partition coefficient (Wildman–Crippen LogP) is 3.06. The van der Waals surface area contributed by atoms with Gasteiger partial charge < -0.3 is 5.73 Å². The fraction of sp³-hybridized carbons (Fsp3) is 0.200. The smallest absolute Gasteiger partial charge is 0.0940 e. The van der Waals surface area contributed by atoms with E-state index in [1.54, 1.807) is 11.3 Å². The summed E-state index contributed by atoms with van der Waals surface area (Å²) >= 11 is 7.52. The molecule has 68 valence electrons. The van der Waals surface area contributed by atoms with Crippen molar-refractivity contribution in [3.8, 4) is 0 Å². The molecule has 0 saturated carbocycles. The molecule has 3 heteroatoms. The first-order valence-electron chi connectivity index (χ1n) is 4.17. The molecule has 0 spiro atoms. The summed E-state index contributed by atoms with van der Waals surface area (Å²) in [6.45, 7) is 0.699. The van der Waals surface area contributed by atoms with Crippen LogP contribution >= 0.6 is 22.9 Å². The Bertz CT molecular complexity index is 422. The van der Waals surface area contributed by atoms with Gasteiger partial charge in [-0.15, -0.1) is 11.3 Å². The number of benzene rings is 1. The van der Waals surface area contributed by atoms with Crippen LogP contribution in [-0.2, 0) is 6.42 Å². The van der Waals surface area contributed by atoms with Crippen LogP contribution in [0, 0.1) is 0 Å². The second-order valence-electron chi connectivity index (χ2n) is 2.96. The molecule has 0 atom stereocenters. The molecule has 1 aromatic carbocycles. The lowest BCUT2D eigenvalue weighted by molar-refractivity contribution is 0.971. The summed E-state index contributed by atoms with van der Waals surface area (Å²) in [5.74, 6) is 0. The zero-order chi connectivity index (χ0) is 9.26. The molecule has 0 unspecified atom stereocenters. The Kier molecular flexibility index (Phi) is 2.54. The van der Waals surface area contributed by atoms with Crippen molar-refractivity contribution in [2.24, 2.45) is 5.73 Å². The van der Waals surface area contributed by atoms with Crippen molar-refractivity contribution < 1.29 is 0 Å². The fourth-order valence-corrected chi connectivity index (χ4v) is 2.58. The van der Waals surface area contributed by atoms with E-state index in [0.717, 1.165) is 10.8 Å². The summed E-state index contributed by atoms with van der Waals surface area (Å²) in [4.78, 5) is 0. The Balaban J connectivity index is 2.48. The van der Waals surface area contributed by atoms with Crippen molar-refractivity contribution in [1.82, 2.24) is 0 Å². The maximum atomic E-state index is 5.91. The van der Waals surface area contributed by atoms with Gasteiger partial charge in [-0.1, -0.05) is 23.7 Å². The lowest BCUT2D eigenvalue weighted by Crippen LogP contribution is -2.01. The minimum Gasteiger partial charge on any atom is -0.330 e. The first-order chi connectivity index (χ1) is 6.29. The minimum absolute atomic E-state index is 0.699. The third kappa shape index (κ3) is 1.85. The number of hydrogen-bond acceptors (Lipinski definition) is 2. The van der Waals surface area contributed by atoms with E-state index in [-0.39, 0.29) is 0 Å². The van der Waals surface area contributed by atoms with Crippen LogP contribution in [0.3, 0.4) is 0 Å². The molecular formula is C10H10ClNS. The largest absolute Gasteiger partial charge is 0.330 e. The Morgan fingerprint density at radius 2 is 2.15 bits per heavy atom. The summed E-state index contributed by atoms with van der Waals surface area (Å²) in [5, 5.41) is 1.22. The molecule has 0 aliphatic carbocycles. The lowest BCUT2D eigenvalue weighted by atomic mass is 10.1. The average Bonchev–Trinajstić information content (AvgIpc) is 2.44. The fourth-order valence-electron chi connectivity index (χ4n) is 1.37. The molecule has 0 aliphatic rings. The topological polar surface area (TPSA) is 26.0 Å². The number of fused-ring (bicyclic) bond motifs is 1. The molecule has 0 bridgehead atoms. The molecule has 2 aromatic rings. The Morgan fingerprint density at radius 3 is 2.92 bits per heavy atom. The van der Waals surface area contributed by atoms with Crippen LogP contribution in [-0.4, -0.2) is 6.54 Å². The van der Waals surface area contributed by atoms with Crippen molar-refractivity contribution in [1.29, 1.82) is 0 Å². The molecule has 13 heavy (non-hydrogen) atoms. The third-order valence-electron chi connectivity index (χ3n) is 1.99. The second-order valence-corrected chi connectivity index (χ2v) is 4.68. The summed E-state index contributed by atoms with van der Waals surface area (Å²) in [6.07, 6.45) is 0.936. The summed E-state index contributed by atoms with van der Waals surface area (Å²) in [6, 6.07) is 8.37. The van der Waals surface area contributed by atoms with Crippen LogP contribution in [0.2, 0.25) is 4.34 Å². The highest BCUT2D eigenvalue weighted by atomic mass is 35.5. The van der Waals surface area contributed by atoms with Gasteiger partial charge in [-0.3, -0.25) is 0 Å². The first kappa shape index (κ1) is 9.00. The molecule has 0 saturated heterocycles. The van der Waals surface area contributed by atoms with Crippen molar-refractivity contribution in [2.75, 3.05) is 6.54 Å². The quantitative estimate of drug-likeness (QED) is 0.812. The minimum atomic E-state index is 0.699. The lowest BCUT2D eigenvalue weighted by Gasteiger charge is -1.97. The van der Waals surface area contributed by atoms with E-state index in [1.165, 1.54) is 15.6 Å². The predicted molar refractivity (Wildman–Crippen MR) is 59.6 cm³/mol. The van der Waals surface area contributed by atoms with Gasteiger partial charge in [0.1, 0.15) is 0 Å². The summed E-state index contributed by atoms with van der Waals surface area (Å²) < 4.78 is 2.09. The van der Waals surface area contributed by atoms with Crippen molar-refractivity contribution >= 4 is 33.0 Å². The number of thiophene rings is 1. The molecule has 2 N–H and O–H groups in total. The van der Waals surface area contributed by atoms with Crippen LogP contribution in [0.25, 0.3) is 10.1 Å². The van der Waals surface area contributed by atoms with Gasteiger partial charge in [0.2, 0.25) is 0 Å². The molecule has 0 radical (unpaired) electrons. The van der Waals surface area contributed by atoms with Gasteiger partial charge in [-0.2, -0.15) is 0 Å². The highest BCUT2D eigenvalue weighted by Crippen LogP contribution is 2.29. The average molecular weight is 212 g/mol. The van der Waals surface area contributed by atoms with Gasteiger partial charge in [0.05, 0.1) is 4.34 Å². The van der Waals surface area contributed by atoms with E-state index >= 15 is 0 Å². The summed E-state index contributed by atoms with van der Waals surface area (Å²) in [5.41, 5.74) is 6.77. The first-order valence-corrected chi connectivity index (χ1v) is 5.37. The van der Waals surface area contributed by atoms with Crippen LogP contribution in [0.5, 0.6) is 0 Å². The molecule has 0 amide bonds. The standard InChI is InChI=1S/C10H10ClNS/c11-10-6-8-2-1-7(3-4-12)5-9(8)13-10/h1-2,5-6H,3-4,12H2. The van der Waals surface area contributed by atoms with Crippen LogP contribution in [0.15, 0.2) is 24.3 Å². The SMILES string of the molecule is NCCc1ccc2cc(Cl)sc2c1. The molecule has 0 fully saturated rings. The van der Waals surface area contributed by atoms with E-state index in [4.69, 9.17) is 17.3 Å². The van der Waals surface area contributed by atoms with Gasteiger partial charge in [0.25, 0.3) is 0 Å². The molecule has 1 nitrogen and oxygen atoms in total. The van der Waals surface area contributed by atoms with Gasteiger partial charge in [0, 0.05) is 4.70 Å². The number of hydrogen-bond donors (Lipinski definition) is 1. The van der Waals surface area contributed by atoms with Gasteiger partial charge >= 0.3 is 0 Å². The Morgan fingerprint density at radius 1 is 1.31 bits per heavy atom. The summed E-state index contributed by atoms with van der Waals surface area (Å²) in [7, 11) is 0. The number of halogens is 1. The second kappa shape index (κ2) is 3.66. The highest BCUT2D eigenvalue weighted by Gasteiger charge is 2.00. The molecule has 2 rings (SSSR count). The highest BCUT2D eigenvalue weighted by molar-refractivity contribution is 7.22. The molecule has 1 heterocycles. The zero-order valence-electron chi connectivity index (χ0n) is 7.09. The number of nitrogens with two attached hydrogens (primary N) is 1. The Hall–Kier alpha value is -0.570. The molecule has 1 aromatic heterocycles. The normalized spacial score (nSPS) is 10.9. The van der Waals surface area contributed by atoms with Crippen molar-refractivity contribution in [3.63, 3.8) is 0 Å². The van der Waals surface area contributed by atoms with Crippen LogP contribution in [0.4, 0.5) is 0 Å². The molecular weight excluding hydrogens is 202 g/mol. The van der Waals surface area contributed by atoms with E-state index in [9.17, 15) is 0 Å². The van der Waals surface area contributed by atoms with Crippen LogP contribution in [0.1, 0.15) is 5.56 Å². The maximum Gasteiger partial charge on any atom is 0.0940 e. The van der Waals surface area contributed by atoms with E-state index < -0.39 is 0 Å².